The molecule has 7 heteroatoms. The molecule has 2 unspecified atom stereocenters. The summed E-state index contributed by atoms with van der Waals surface area (Å²) >= 11 is 0. The van der Waals surface area contributed by atoms with Gasteiger partial charge in [-0.2, -0.15) is 0 Å². The molecular weight excluding hydrogens is 397 g/mol. The van der Waals surface area contributed by atoms with Crippen LogP contribution in [0.4, 0.5) is 4.39 Å². The Morgan fingerprint density at radius 2 is 2.03 bits per heavy atom. The van der Waals surface area contributed by atoms with E-state index in [0.29, 0.717) is 31.6 Å². The summed E-state index contributed by atoms with van der Waals surface area (Å²) in [4.78, 5) is 4.29. The normalized spacial score (nSPS) is 17.4. The summed E-state index contributed by atoms with van der Waals surface area (Å²) in [7, 11) is 3.36. The van der Waals surface area contributed by atoms with Crippen molar-refractivity contribution in [3.05, 3.63) is 65.0 Å². The zero-order valence-corrected chi connectivity index (χ0v) is 18.5. The van der Waals surface area contributed by atoms with E-state index in [1.165, 1.54) is 12.1 Å². The first-order valence-corrected chi connectivity index (χ1v) is 10.6. The molecule has 2 atom stereocenters. The van der Waals surface area contributed by atoms with Gasteiger partial charge in [-0.3, -0.25) is 4.99 Å². The molecule has 1 heterocycles. The Hall–Kier alpha value is -2.64. The fraction of sp³-hybridized carbons (Fsp3) is 0.458. The monoisotopic (exact) mass is 429 g/mol. The van der Waals surface area contributed by atoms with Gasteiger partial charge >= 0.3 is 0 Å². The van der Waals surface area contributed by atoms with Crippen LogP contribution in [0.25, 0.3) is 0 Å². The van der Waals surface area contributed by atoms with Gasteiger partial charge in [0.05, 0.1) is 19.3 Å². The molecule has 6 nitrogen and oxygen atoms in total. The topological polar surface area (TPSA) is 64.1 Å². The number of nitrogens with zero attached hydrogens (tertiary/aromatic N) is 1. The van der Waals surface area contributed by atoms with Gasteiger partial charge in [0.2, 0.25) is 0 Å². The third kappa shape index (κ3) is 6.94. The minimum absolute atomic E-state index is 0.217. The number of ether oxygens (including phenoxy) is 3. The molecule has 1 aliphatic heterocycles. The van der Waals surface area contributed by atoms with Crippen molar-refractivity contribution in [2.45, 2.75) is 26.0 Å². The number of guanidine groups is 1. The van der Waals surface area contributed by atoms with Crippen LogP contribution in [0.15, 0.2) is 47.5 Å². The number of aliphatic imine (C=N–C) groups is 1. The zero-order valence-electron chi connectivity index (χ0n) is 18.5. The smallest absolute Gasteiger partial charge is 0.191 e. The van der Waals surface area contributed by atoms with E-state index in [0.717, 1.165) is 42.1 Å². The van der Waals surface area contributed by atoms with E-state index in [2.05, 4.69) is 40.7 Å². The van der Waals surface area contributed by atoms with Gasteiger partial charge in [0.25, 0.3) is 0 Å². The molecule has 0 amide bonds. The number of aryl methyl sites for hydroxylation is 1. The zero-order chi connectivity index (χ0) is 22.1. The highest BCUT2D eigenvalue weighted by Crippen LogP contribution is 2.23. The third-order valence-electron chi connectivity index (χ3n) is 5.37. The summed E-state index contributed by atoms with van der Waals surface area (Å²) < 4.78 is 30.3. The summed E-state index contributed by atoms with van der Waals surface area (Å²) in [6.07, 6.45) is 0.830. The number of hydrogen-bond donors (Lipinski definition) is 2. The molecule has 3 rings (SSSR count). The molecular formula is C24H32FN3O3. The van der Waals surface area contributed by atoms with E-state index in [4.69, 9.17) is 14.2 Å². The number of benzene rings is 2. The Balaban J connectivity index is 1.55. The van der Waals surface area contributed by atoms with Gasteiger partial charge in [-0.05, 0) is 42.7 Å². The summed E-state index contributed by atoms with van der Waals surface area (Å²) in [5, 5.41) is 6.61. The summed E-state index contributed by atoms with van der Waals surface area (Å²) in [6, 6.07) is 12.6. The summed E-state index contributed by atoms with van der Waals surface area (Å²) in [5.74, 6) is 1.73. The predicted octanol–water partition coefficient (Wildman–Crippen LogP) is 3.60. The fourth-order valence-electron chi connectivity index (χ4n) is 3.47. The maximum Gasteiger partial charge on any atom is 0.191 e. The molecule has 0 radical (unpaired) electrons. The lowest BCUT2D eigenvalue weighted by atomic mass is 10.1. The largest absolute Gasteiger partial charge is 0.493 e. The second-order valence-corrected chi connectivity index (χ2v) is 7.73. The van der Waals surface area contributed by atoms with Gasteiger partial charge in [-0.15, -0.1) is 0 Å². The SMILES string of the molecule is CN=C(NCc1ccc(C)cc1OCC1CCOC1)NCC(OC)c1ccc(F)cc1. The maximum atomic E-state index is 13.2. The van der Waals surface area contributed by atoms with Crippen LogP contribution in [0.3, 0.4) is 0 Å². The highest BCUT2D eigenvalue weighted by molar-refractivity contribution is 5.79. The van der Waals surface area contributed by atoms with Gasteiger partial charge in [0.1, 0.15) is 11.6 Å². The number of methoxy groups -OCH3 is 1. The van der Waals surface area contributed by atoms with Gasteiger partial charge in [-0.25, -0.2) is 4.39 Å². The van der Waals surface area contributed by atoms with Crippen molar-refractivity contribution in [3.8, 4) is 5.75 Å². The Bertz CT molecular complexity index is 852. The Morgan fingerprint density at radius 1 is 1.23 bits per heavy atom. The molecule has 1 aliphatic rings. The molecule has 0 saturated carbocycles. The minimum atomic E-state index is -0.263. The molecule has 0 aromatic heterocycles. The van der Waals surface area contributed by atoms with Gasteiger partial charge in [0, 0.05) is 45.3 Å². The Kier molecular flexibility index (Phi) is 8.67. The van der Waals surface area contributed by atoms with Crippen LogP contribution >= 0.6 is 0 Å². The van der Waals surface area contributed by atoms with E-state index < -0.39 is 0 Å². The van der Waals surface area contributed by atoms with Crippen LogP contribution in [-0.2, 0) is 16.0 Å². The average Bonchev–Trinajstić information content (AvgIpc) is 3.30. The van der Waals surface area contributed by atoms with Crippen molar-refractivity contribution >= 4 is 5.96 Å². The quantitative estimate of drug-likeness (QED) is 0.471. The van der Waals surface area contributed by atoms with Crippen molar-refractivity contribution in [3.63, 3.8) is 0 Å². The summed E-state index contributed by atoms with van der Waals surface area (Å²) in [6.45, 7) is 5.38. The van der Waals surface area contributed by atoms with Gasteiger partial charge < -0.3 is 24.8 Å². The first-order valence-electron chi connectivity index (χ1n) is 10.6. The molecule has 168 valence electrons. The molecule has 0 bridgehead atoms. The molecule has 2 aromatic carbocycles. The molecule has 31 heavy (non-hydrogen) atoms. The lowest BCUT2D eigenvalue weighted by molar-refractivity contribution is 0.106. The van der Waals surface area contributed by atoms with Gasteiger partial charge in [-0.1, -0.05) is 24.3 Å². The first kappa shape index (κ1) is 23.0. The fourth-order valence-corrected chi connectivity index (χ4v) is 3.47. The van der Waals surface area contributed by atoms with Crippen LogP contribution in [0.2, 0.25) is 0 Å². The minimum Gasteiger partial charge on any atom is -0.493 e. The average molecular weight is 430 g/mol. The van der Waals surface area contributed by atoms with E-state index in [1.807, 2.05) is 0 Å². The lowest BCUT2D eigenvalue weighted by Crippen LogP contribution is -2.39. The first-order chi connectivity index (χ1) is 15.1. The van der Waals surface area contributed by atoms with Crippen molar-refractivity contribution in [1.82, 2.24) is 10.6 Å². The third-order valence-corrected chi connectivity index (χ3v) is 5.37. The molecule has 2 aromatic rings. The van der Waals surface area contributed by atoms with Crippen LogP contribution < -0.4 is 15.4 Å². The highest BCUT2D eigenvalue weighted by atomic mass is 19.1. The van der Waals surface area contributed by atoms with Crippen molar-refractivity contribution in [2.75, 3.05) is 40.5 Å². The molecule has 1 saturated heterocycles. The van der Waals surface area contributed by atoms with Crippen molar-refractivity contribution in [1.29, 1.82) is 0 Å². The van der Waals surface area contributed by atoms with E-state index >= 15 is 0 Å². The lowest BCUT2D eigenvalue weighted by Gasteiger charge is -2.20. The van der Waals surface area contributed by atoms with Crippen molar-refractivity contribution in [2.24, 2.45) is 10.9 Å². The standard InChI is InChI=1S/C24H32FN3O3/c1-17-4-5-20(22(12-17)31-16-18-10-11-30-15-18)13-27-24(26-2)28-14-23(29-3)19-6-8-21(25)9-7-19/h4-9,12,18,23H,10-11,13-16H2,1-3H3,(H2,26,27,28). The molecule has 1 fully saturated rings. The highest BCUT2D eigenvalue weighted by Gasteiger charge is 2.17. The Labute approximate surface area is 183 Å². The Morgan fingerprint density at radius 3 is 2.71 bits per heavy atom. The van der Waals surface area contributed by atoms with Crippen LogP contribution in [0, 0.1) is 18.7 Å². The molecule has 2 N–H and O–H groups in total. The number of rotatable bonds is 9. The van der Waals surface area contributed by atoms with Crippen LogP contribution in [0.1, 0.15) is 29.2 Å². The predicted molar refractivity (Wildman–Crippen MR) is 120 cm³/mol. The number of halogens is 1. The maximum absolute atomic E-state index is 13.2. The summed E-state index contributed by atoms with van der Waals surface area (Å²) in [5.41, 5.74) is 3.12. The molecule has 0 spiro atoms. The number of nitrogens with one attached hydrogen (secondary N) is 2. The van der Waals surface area contributed by atoms with E-state index in [9.17, 15) is 4.39 Å². The second-order valence-electron chi connectivity index (χ2n) is 7.73. The van der Waals surface area contributed by atoms with Crippen LogP contribution in [0.5, 0.6) is 5.75 Å². The van der Waals surface area contributed by atoms with E-state index in [1.54, 1.807) is 26.3 Å². The van der Waals surface area contributed by atoms with Crippen molar-refractivity contribution < 1.29 is 18.6 Å². The number of hydrogen-bond acceptors (Lipinski definition) is 4. The van der Waals surface area contributed by atoms with Crippen LogP contribution in [-0.4, -0.2) is 46.5 Å². The van der Waals surface area contributed by atoms with Gasteiger partial charge in [0.15, 0.2) is 5.96 Å². The van der Waals surface area contributed by atoms with E-state index in [-0.39, 0.29) is 11.9 Å². The second kappa shape index (κ2) is 11.7. The molecule has 0 aliphatic carbocycles.